The maximum atomic E-state index is 6.22. The summed E-state index contributed by atoms with van der Waals surface area (Å²) in [6, 6.07) is 11.3. The zero-order chi connectivity index (χ0) is 19.8. The van der Waals surface area contributed by atoms with Gasteiger partial charge in [-0.2, -0.15) is 4.98 Å². The van der Waals surface area contributed by atoms with Crippen molar-refractivity contribution in [3.63, 3.8) is 0 Å². The molecule has 3 N–H and O–H groups in total. The number of benzene rings is 2. The van der Waals surface area contributed by atoms with Gasteiger partial charge in [-0.15, -0.1) is 5.10 Å². The predicted molar refractivity (Wildman–Crippen MR) is 110 cm³/mol. The van der Waals surface area contributed by atoms with Crippen LogP contribution < -0.4 is 20.5 Å². The van der Waals surface area contributed by atoms with Crippen LogP contribution in [-0.2, 0) is 0 Å². The van der Waals surface area contributed by atoms with Crippen molar-refractivity contribution < 1.29 is 9.47 Å². The molecule has 9 heteroatoms. The Morgan fingerprint density at radius 2 is 1.79 bits per heavy atom. The van der Waals surface area contributed by atoms with E-state index in [0.717, 1.165) is 11.1 Å². The topological polar surface area (TPSA) is 87.2 Å². The van der Waals surface area contributed by atoms with E-state index in [0.29, 0.717) is 33.9 Å². The molecule has 4 rings (SSSR count). The second kappa shape index (κ2) is 7.41. The lowest BCUT2D eigenvalue weighted by Gasteiger charge is -2.32. The van der Waals surface area contributed by atoms with Crippen molar-refractivity contribution in [3.8, 4) is 11.5 Å². The van der Waals surface area contributed by atoms with E-state index in [1.807, 2.05) is 30.3 Å². The summed E-state index contributed by atoms with van der Waals surface area (Å²) in [5, 5.41) is 8.78. The normalized spacial score (nSPS) is 18.3. The fourth-order valence-electron chi connectivity index (χ4n) is 3.48. The fourth-order valence-corrected chi connectivity index (χ4v) is 3.79. The van der Waals surface area contributed by atoms with Crippen molar-refractivity contribution in [3.05, 3.63) is 57.6 Å². The van der Waals surface area contributed by atoms with Crippen LogP contribution in [0.4, 0.5) is 11.9 Å². The number of rotatable bonds is 4. The molecule has 0 fully saturated rings. The molecule has 3 aromatic rings. The number of nitrogens with two attached hydrogens (primary N) is 1. The summed E-state index contributed by atoms with van der Waals surface area (Å²) in [6.07, 6.45) is 0.712. The first-order chi connectivity index (χ1) is 13.5. The van der Waals surface area contributed by atoms with E-state index in [1.54, 1.807) is 25.0 Å². The number of nitrogens with zero attached hydrogens (tertiary/aromatic N) is 3. The van der Waals surface area contributed by atoms with E-state index < -0.39 is 0 Å². The van der Waals surface area contributed by atoms with E-state index in [9.17, 15) is 0 Å². The molecular formula is C19H19Cl2N5O2. The van der Waals surface area contributed by atoms with Gasteiger partial charge in [-0.1, -0.05) is 35.3 Å². The number of nitrogen functional groups attached to an aromatic ring is 1. The minimum Gasteiger partial charge on any atom is -0.493 e. The van der Waals surface area contributed by atoms with Gasteiger partial charge in [-0.3, -0.25) is 0 Å². The molecular weight excluding hydrogens is 401 g/mol. The number of fused-ring (bicyclic) bond motifs is 1. The van der Waals surface area contributed by atoms with Crippen LogP contribution in [0.5, 0.6) is 11.5 Å². The molecule has 1 aliphatic heterocycles. The average molecular weight is 420 g/mol. The van der Waals surface area contributed by atoms with Gasteiger partial charge in [0.15, 0.2) is 11.5 Å². The fraction of sp³-hybridized carbons (Fsp3) is 0.263. The highest BCUT2D eigenvalue weighted by molar-refractivity contribution is 6.42. The Labute approximate surface area is 172 Å². The smallest absolute Gasteiger partial charge is 0.241 e. The zero-order valence-electron chi connectivity index (χ0n) is 15.3. The first-order valence-corrected chi connectivity index (χ1v) is 9.41. The van der Waals surface area contributed by atoms with Crippen LogP contribution in [0.2, 0.25) is 10.0 Å². The van der Waals surface area contributed by atoms with Gasteiger partial charge in [0.25, 0.3) is 0 Å². The highest BCUT2D eigenvalue weighted by atomic mass is 35.5. The molecule has 2 atom stereocenters. The van der Waals surface area contributed by atoms with E-state index in [4.69, 9.17) is 38.4 Å². The third-order valence-corrected chi connectivity index (χ3v) is 5.58. The minimum absolute atomic E-state index is 0.0380. The van der Waals surface area contributed by atoms with Crippen LogP contribution >= 0.6 is 23.2 Å². The maximum Gasteiger partial charge on any atom is 0.241 e. The number of halogens is 2. The highest BCUT2D eigenvalue weighted by Gasteiger charge is 2.31. The van der Waals surface area contributed by atoms with Crippen molar-refractivity contribution in [2.45, 2.75) is 18.5 Å². The molecule has 0 bridgehead atoms. The molecule has 146 valence electrons. The number of nitrogens with one attached hydrogen (secondary N) is 1. The van der Waals surface area contributed by atoms with Crippen molar-refractivity contribution in [1.82, 2.24) is 14.8 Å². The quantitative estimate of drug-likeness (QED) is 0.654. The van der Waals surface area contributed by atoms with Crippen LogP contribution in [0, 0.1) is 0 Å². The van der Waals surface area contributed by atoms with Crippen LogP contribution in [0.1, 0.15) is 29.6 Å². The highest BCUT2D eigenvalue weighted by Crippen LogP contribution is 2.41. The molecule has 0 unspecified atom stereocenters. The van der Waals surface area contributed by atoms with Gasteiger partial charge in [0.1, 0.15) is 0 Å². The predicted octanol–water partition coefficient (Wildman–Crippen LogP) is 4.33. The van der Waals surface area contributed by atoms with Crippen LogP contribution in [0.25, 0.3) is 0 Å². The summed E-state index contributed by atoms with van der Waals surface area (Å²) >= 11 is 12.3. The summed E-state index contributed by atoms with van der Waals surface area (Å²) in [5.41, 5.74) is 7.88. The second-order valence-electron chi connectivity index (χ2n) is 6.47. The maximum absolute atomic E-state index is 6.22. The molecule has 0 saturated carbocycles. The van der Waals surface area contributed by atoms with Gasteiger partial charge in [-0.25, -0.2) is 4.68 Å². The molecule has 2 aromatic carbocycles. The Morgan fingerprint density at radius 1 is 1.04 bits per heavy atom. The zero-order valence-corrected chi connectivity index (χ0v) is 16.8. The van der Waals surface area contributed by atoms with E-state index in [1.165, 1.54) is 0 Å². The number of ether oxygens (including phenoxy) is 2. The van der Waals surface area contributed by atoms with Gasteiger partial charge < -0.3 is 20.5 Å². The number of hydrogen-bond acceptors (Lipinski definition) is 6. The number of aromatic nitrogens is 3. The monoisotopic (exact) mass is 419 g/mol. The molecule has 0 radical (unpaired) electrons. The largest absolute Gasteiger partial charge is 0.493 e. The average Bonchev–Trinajstić information content (AvgIpc) is 3.08. The summed E-state index contributed by atoms with van der Waals surface area (Å²) in [6.45, 7) is 0. The van der Waals surface area contributed by atoms with Gasteiger partial charge in [-0.05, 0) is 41.8 Å². The molecule has 0 aliphatic carbocycles. The second-order valence-corrected chi connectivity index (χ2v) is 7.29. The number of hydrogen-bond donors (Lipinski definition) is 2. The Bertz CT molecular complexity index is 1020. The summed E-state index contributed by atoms with van der Waals surface area (Å²) < 4.78 is 12.6. The van der Waals surface area contributed by atoms with Crippen molar-refractivity contribution in [2.24, 2.45) is 0 Å². The van der Waals surface area contributed by atoms with Crippen molar-refractivity contribution in [2.75, 3.05) is 25.3 Å². The van der Waals surface area contributed by atoms with Crippen LogP contribution in [0.15, 0.2) is 36.4 Å². The van der Waals surface area contributed by atoms with E-state index in [2.05, 4.69) is 15.4 Å². The molecule has 0 saturated heterocycles. The number of anilines is 2. The molecule has 1 aliphatic rings. The third kappa shape index (κ3) is 3.31. The molecule has 7 nitrogen and oxygen atoms in total. The molecule has 1 aromatic heterocycles. The lowest BCUT2D eigenvalue weighted by molar-refractivity contribution is 0.352. The van der Waals surface area contributed by atoms with Gasteiger partial charge in [0.2, 0.25) is 11.9 Å². The van der Waals surface area contributed by atoms with Gasteiger partial charge >= 0.3 is 0 Å². The Kier molecular flexibility index (Phi) is 4.95. The summed E-state index contributed by atoms with van der Waals surface area (Å²) in [4.78, 5) is 4.32. The Hall–Kier alpha value is -2.64. The first-order valence-electron chi connectivity index (χ1n) is 8.65. The van der Waals surface area contributed by atoms with Crippen molar-refractivity contribution >= 4 is 35.1 Å². The van der Waals surface area contributed by atoms with Gasteiger partial charge in [0.05, 0.1) is 36.3 Å². The van der Waals surface area contributed by atoms with Gasteiger partial charge in [0, 0.05) is 0 Å². The lowest BCUT2D eigenvalue weighted by atomic mass is 9.93. The summed E-state index contributed by atoms with van der Waals surface area (Å²) in [7, 11) is 3.22. The SMILES string of the molecule is COc1ccc([C@H]2C[C@H](c3ccc(Cl)c(Cl)c3)Nc3nc(N)nn32)cc1OC. The Morgan fingerprint density at radius 3 is 2.50 bits per heavy atom. The minimum atomic E-state index is -0.0969. The third-order valence-electron chi connectivity index (χ3n) is 4.84. The van der Waals surface area contributed by atoms with Crippen LogP contribution in [-0.4, -0.2) is 29.0 Å². The van der Waals surface area contributed by atoms with Crippen molar-refractivity contribution in [1.29, 1.82) is 0 Å². The molecule has 0 amide bonds. The Balaban J connectivity index is 1.76. The first kappa shape index (κ1) is 18.7. The molecule has 28 heavy (non-hydrogen) atoms. The molecule has 0 spiro atoms. The molecule has 2 heterocycles. The summed E-state index contributed by atoms with van der Waals surface area (Å²) in [5.74, 6) is 2.13. The van der Waals surface area contributed by atoms with E-state index >= 15 is 0 Å². The number of methoxy groups -OCH3 is 2. The lowest BCUT2D eigenvalue weighted by Crippen LogP contribution is -2.28. The van der Waals surface area contributed by atoms with E-state index in [-0.39, 0.29) is 18.0 Å². The van der Waals surface area contributed by atoms with Crippen LogP contribution in [0.3, 0.4) is 0 Å². The standard InChI is InChI=1S/C19H19Cl2N5O2/c1-27-16-6-4-11(8-17(16)28-2)15-9-14(10-3-5-12(20)13(21)7-10)23-19-24-18(22)25-26(15)19/h3-8,14-15H,9H2,1-2H3,(H3,22,23,24,25)/t14-,15-/m1/s1.